The van der Waals surface area contributed by atoms with Gasteiger partial charge in [0.15, 0.2) is 0 Å². The summed E-state index contributed by atoms with van der Waals surface area (Å²) in [5.74, 6) is -0.194. The predicted molar refractivity (Wildman–Crippen MR) is 71.7 cm³/mol. The third-order valence-electron chi connectivity index (χ3n) is 3.87. The van der Waals surface area contributed by atoms with Crippen molar-refractivity contribution in [3.8, 4) is 0 Å². The fourth-order valence-electron chi connectivity index (χ4n) is 2.41. The van der Waals surface area contributed by atoms with E-state index in [4.69, 9.17) is 0 Å². The van der Waals surface area contributed by atoms with Crippen LogP contribution in [0.1, 0.15) is 28.8 Å². The third kappa shape index (κ3) is 1.88. The van der Waals surface area contributed by atoms with Crippen LogP contribution in [0.15, 0.2) is 24.3 Å². The first kappa shape index (κ1) is 11.9. The normalized spacial score (nSPS) is 20.8. The zero-order valence-corrected chi connectivity index (χ0v) is 11.6. The van der Waals surface area contributed by atoms with Crippen molar-refractivity contribution in [3.05, 3.63) is 35.4 Å². The highest BCUT2D eigenvalue weighted by molar-refractivity contribution is 9.09. The quantitative estimate of drug-likeness (QED) is 0.635. The first-order chi connectivity index (χ1) is 8.65. The van der Waals surface area contributed by atoms with E-state index in [-0.39, 0.29) is 17.2 Å². The van der Waals surface area contributed by atoms with E-state index in [9.17, 15) is 9.59 Å². The van der Waals surface area contributed by atoms with Gasteiger partial charge in [-0.1, -0.05) is 34.1 Å². The van der Waals surface area contributed by atoms with E-state index in [1.165, 1.54) is 4.90 Å². The SMILES string of the molecule is O=C1Cc2ccccc2C(=O)N1CC1(CBr)CC1. The van der Waals surface area contributed by atoms with Crippen LogP contribution >= 0.6 is 15.9 Å². The molecule has 3 nitrogen and oxygen atoms in total. The van der Waals surface area contributed by atoms with Gasteiger partial charge >= 0.3 is 0 Å². The second-order valence-corrected chi connectivity index (χ2v) is 5.81. The molecule has 2 aliphatic rings. The van der Waals surface area contributed by atoms with Crippen LogP contribution in [0.25, 0.3) is 0 Å². The van der Waals surface area contributed by atoms with Gasteiger partial charge in [0.2, 0.25) is 5.91 Å². The van der Waals surface area contributed by atoms with Gasteiger partial charge in [-0.3, -0.25) is 14.5 Å². The van der Waals surface area contributed by atoms with Crippen molar-refractivity contribution in [1.29, 1.82) is 0 Å². The zero-order valence-electron chi connectivity index (χ0n) is 9.99. The van der Waals surface area contributed by atoms with Gasteiger partial charge in [0.1, 0.15) is 0 Å². The van der Waals surface area contributed by atoms with Gasteiger partial charge in [-0.25, -0.2) is 0 Å². The molecule has 2 amide bonds. The Labute approximate surface area is 114 Å². The van der Waals surface area contributed by atoms with Crippen LogP contribution in [0.2, 0.25) is 0 Å². The molecule has 4 heteroatoms. The summed E-state index contributed by atoms with van der Waals surface area (Å²) in [4.78, 5) is 25.9. The molecule has 1 heterocycles. The lowest BCUT2D eigenvalue weighted by Crippen LogP contribution is -2.45. The molecule has 1 saturated carbocycles. The van der Waals surface area contributed by atoms with E-state index in [2.05, 4.69) is 15.9 Å². The van der Waals surface area contributed by atoms with E-state index in [1.54, 1.807) is 0 Å². The zero-order chi connectivity index (χ0) is 12.8. The average Bonchev–Trinajstić information content (AvgIpc) is 3.15. The van der Waals surface area contributed by atoms with Gasteiger partial charge in [0.25, 0.3) is 5.91 Å². The Morgan fingerprint density at radius 1 is 1.22 bits per heavy atom. The van der Waals surface area contributed by atoms with Crippen molar-refractivity contribution in [3.63, 3.8) is 0 Å². The maximum atomic E-state index is 12.3. The van der Waals surface area contributed by atoms with Crippen molar-refractivity contribution in [2.45, 2.75) is 19.3 Å². The van der Waals surface area contributed by atoms with E-state index in [0.29, 0.717) is 18.5 Å². The van der Waals surface area contributed by atoms with Gasteiger partial charge in [0, 0.05) is 17.4 Å². The highest BCUT2D eigenvalue weighted by atomic mass is 79.9. The van der Waals surface area contributed by atoms with Crippen molar-refractivity contribution in [2.24, 2.45) is 5.41 Å². The van der Waals surface area contributed by atoms with Crippen LogP contribution in [-0.2, 0) is 11.2 Å². The molecule has 18 heavy (non-hydrogen) atoms. The number of hydrogen-bond acceptors (Lipinski definition) is 2. The predicted octanol–water partition coefficient (Wildman–Crippen LogP) is 2.39. The van der Waals surface area contributed by atoms with Gasteiger partial charge < -0.3 is 0 Å². The van der Waals surface area contributed by atoms with Crippen LogP contribution < -0.4 is 0 Å². The fourth-order valence-corrected chi connectivity index (χ4v) is 3.14. The number of halogens is 1. The molecule has 0 N–H and O–H groups in total. The largest absolute Gasteiger partial charge is 0.278 e. The van der Waals surface area contributed by atoms with E-state index >= 15 is 0 Å². The standard InChI is InChI=1S/C14H14BrNO2/c15-8-14(5-6-14)9-16-12(17)7-10-3-1-2-4-11(10)13(16)18/h1-4H,5-9H2. The first-order valence-electron chi connectivity index (χ1n) is 6.14. The maximum Gasteiger partial charge on any atom is 0.260 e. The summed E-state index contributed by atoms with van der Waals surface area (Å²) >= 11 is 3.48. The van der Waals surface area contributed by atoms with Crippen LogP contribution in [0.3, 0.4) is 0 Å². The van der Waals surface area contributed by atoms with Crippen molar-refractivity contribution in [2.75, 3.05) is 11.9 Å². The molecule has 1 aromatic rings. The summed E-state index contributed by atoms with van der Waals surface area (Å²) in [6.07, 6.45) is 2.54. The number of imide groups is 1. The molecule has 1 aliphatic heterocycles. The highest BCUT2D eigenvalue weighted by Crippen LogP contribution is 2.48. The van der Waals surface area contributed by atoms with Gasteiger partial charge in [-0.2, -0.15) is 0 Å². The molecule has 0 radical (unpaired) electrons. The number of carbonyl (C=O) groups is 2. The number of fused-ring (bicyclic) bond motifs is 1. The summed E-state index contributed by atoms with van der Waals surface area (Å²) in [6.45, 7) is 0.560. The molecule has 0 aromatic heterocycles. The number of rotatable bonds is 3. The molecular weight excluding hydrogens is 294 g/mol. The van der Waals surface area contributed by atoms with E-state index < -0.39 is 0 Å². The Balaban J connectivity index is 1.89. The second kappa shape index (κ2) is 4.19. The molecule has 1 aliphatic carbocycles. The summed E-state index contributed by atoms with van der Waals surface area (Å²) in [7, 11) is 0. The number of carbonyl (C=O) groups excluding carboxylic acids is 2. The Bertz CT molecular complexity index is 522. The molecular formula is C14H14BrNO2. The summed E-state index contributed by atoms with van der Waals surface area (Å²) < 4.78 is 0. The number of nitrogens with zero attached hydrogens (tertiary/aromatic N) is 1. The van der Waals surface area contributed by atoms with Gasteiger partial charge in [0.05, 0.1) is 6.42 Å². The first-order valence-corrected chi connectivity index (χ1v) is 7.26. The Morgan fingerprint density at radius 2 is 1.94 bits per heavy atom. The van der Waals surface area contributed by atoms with Crippen LogP contribution in [0.5, 0.6) is 0 Å². The molecule has 1 fully saturated rings. The number of hydrogen-bond donors (Lipinski definition) is 0. The number of amides is 2. The highest BCUT2D eigenvalue weighted by Gasteiger charge is 2.46. The molecule has 3 rings (SSSR count). The van der Waals surface area contributed by atoms with Gasteiger partial charge in [-0.15, -0.1) is 0 Å². The molecule has 0 saturated heterocycles. The number of alkyl halides is 1. The van der Waals surface area contributed by atoms with Crippen molar-refractivity contribution < 1.29 is 9.59 Å². The maximum absolute atomic E-state index is 12.3. The van der Waals surface area contributed by atoms with Crippen LogP contribution in [-0.4, -0.2) is 28.6 Å². The minimum atomic E-state index is -0.130. The van der Waals surface area contributed by atoms with Crippen LogP contribution in [0, 0.1) is 5.41 Å². The lowest BCUT2D eigenvalue weighted by molar-refractivity contribution is -0.129. The van der Waals surface area contributed by atoms with Gasteiger partial charge in [-0.05, 0) is 29.9 Å². The Hall–Kier alpha value is -1.16. The lowest BCUT2D eigenvalue weighted by Gasteiger charge is -2.29. The van der Waals surface area contributed by atoms with Crippen molar-refractivity contribution >= 4 is 27.7 Å². The topological polar surface area (TPSA) is 37.4 Å². The van der Waals surface area contributed by atoms with Crippen molar-refractivity contribution in [1.82, 2.24) is 4.90 Å². The lowest BCUT2D eigenvalue weighted by atomic mass is 9.97. The van der Waals surface area contributed by atoms with E-state index in [0.717, 1.165) is 23.7 Å². The summed E-state index contributed by atoms with van der Waals surface area (Å²) in [5, 5.41) is 0.860. The number of benzene rings is 1. The van der Waals surface area contributed by atoms with E-state index in [1.807, 2.05) is 24.3 Å². The monoisotopic (exact) mass is 307 g/mol. The third-order valence-corrected chi connectivity index (χ3v) is 5.06. The molecule has 1 aromatic carbocycles. The minimum Gasteiger partial charge on any atom is -0.278 e. The Kier molecular flexibility index (Phi) is 2.77. The van der Waals surface area contributed by atoms with Crippen LogP contribution in [0.4, 0.5) is 0 Å². The minimum absolute atomic E-state index is 0.0640. The molecule has 0 bridgehead atoms. The molecule has 0 spiro atoms. The summed E-state index contributed by atoms with van der Waals surface area (Å²) in [6, 6.07) is 7.39. The molecule has 94 valence electrons. The average molecular weight is 308 g/mol. The summed E-state index contributed by atoms with van der Waals surface area (Å²) in [5.41, 5.74) is 1.67. The smallest absolute Gasteiger partial charge is 0.260 e. The molecule has 0 unspecified atom stereocenters. The molecule has 0 atom stereocenters. The second-order valence-electron chi connectivity index (χ2n) is 5.25. The Morgan fingerprint density at radius 3 is 2.61 bits per heavy atom. The fraction of sp³-hybridized carbons (Fsp3) is 0.429.